The molecule has 36 heavy (non-hydrogen) atoms. The summed E-state index contributed by atoms with van der Waals surface area (Å²) in [5, 5.41) is 4.14. The minimum atomic E-state index is -0.245. The van der Waals surface area contributed by atoms with E-state index >= 15 is 0 Å². The number of aromatic nitrogens is 3. The van der Waals surface area contributed by atoms with Crippen molar-refractivity contribution in [3.63, 3.8) is 0 Å². The van der Waals surface area contributed by atoms with Crippen molar-refractivity contribution in [1.29, 1.82) is 0 Å². The summed E-state index contributed by atoms with van der Waals surface area (Å²) in [5.41, 5.74) is 4.69. The summed E-state index contributed by atoms with van der Waals surface area (Å²) in [7, 11) is 0. The number of nitrogens with zero attached hydrogens (tertiary/aromatic N) is 5. The lowest BCUT2D eigenvalue weighted by molar-refractivity contribution is -0.139. The molecule has 0 aliphatic carbocycles. The van der Waals surface area contributed by atoms with Crippen molar-refractivity contribution in [2.75, 3.05) is 26.2 Å². The van der Waals surface area contributed by atoms with E-state index in [0.29, 0.717) is 12.0 Å². The lowest BCUT2D eigenvalue weighted by atomic mass is 9.95. The number of rotatable bonds is 6. The van der Waals surface area contributed by atoms with Gasteiger partial charge in [-0.2, -0.15) is 5.10 Å². The van der Waals surface area contributed by atoms with Crippen LogP contribution in [0.1, 0.15) is 47.8 Å². The van der Waals surface area contributed by atoms with Gasteiger partial charge < -0.3 is 9.64 Å². The SMILES string of the molecule is CC1Cc2cc(CCN3CCN(C(=O)Cc4ccc(-n5cncn5)cc4)C(C)(C)C3)ccc2C(=O)O1. The van der Waals surface area contributed by atoms with Gasteiger partial charge in [-0.05, 0) is 62.1 Å². The van der Waals surface area contributed by atoms with E-state index in [1.54, 1.807) is 11.0 Å². The fourth-order valence-electron chi connectivity index (χ4n) is 5.34. The first-order valence-corrected chi connectivity index (χ1v) is 12.6. The molecule has 1 saturated heterocycles. The van der Waals surface area contributed by atoms with Crippen molar-refractivity contribution in [3.8, 4) is 5.69 Å². The zero-order valence-electron chi connectivity index (χ0n) is 21.2. The monoisotopic (exact) mass is 487 g/mol. The van der Waals surface area contributed by atoms with Crippen LogP contribution in [-0.2, 0) is 28.8 Å². The fraction of sp³-hybridized carbons (Fsp3) is 0.429. The van der Waals surface area contributed by atoms with Gasteiger partial charge in [0.05, 0.1) is 17.7 Å². The van der Waals surface area contributed by atoms with E-state index in [2.05, 4.69) is 34.9 Å². The minimum absolute atomic E-state index is 0.0710. The van der Waals surface area contributed by atoms with Crippen LogP contribution in [-0.4, -0.2) is 74.3 Å². The Balaban J connectivity index is 1.16. The van der Waals surface area contributed by atoms with Gasteiger partial charge in [0.25, 0.3) is 0 Å². The van der Waals surface area contributed by atoms with Crippen LogP contribution in [0.4, 0.5) is 0 Å². The number of hydrogen-bond donors (Lipinski definition) is 0. The molecule has 0 spiro atoms. The predicted octanol–water partition coefficient (Wildman–Crippen LogP) is 3.08. The molecular weight excluding hydrogens is 454 g/mol. The van der Waals surface area contributed by atoms with Crippen molar-refractivity contribution >= 4 is 11.9 Å². The average Bonchev–Trinajstić information content (AvgIpc) is 3.37. The van der Waals surface area contributed by atoms with Gasteiger partial charge in [0, 0.05) is 38.1 Å². The Labute approximate surface area is 211 Å². The Hall–Kier alpha value is -3.52. The number of cyclic esters (lactones) is 1. The molecule has 5 rings (SSSR count). The van der Waals surface area contributed by atoms with E-state index in [1.165, 1.54) is 11.9 Å². The summed E-state index contributed by atoms with van der Waals surface area (Å²) >= 11 is 0. The van der Waals surface area contributed by atoms with Crippen LogP contribution in [0.25, 0.3) is 5.69 Å². The molecule has 3 aromatic rings. The van der Waals surface area contributed by atoms with Gasteiger partial charge in [0.2, 0.25) is 5.91 Å². The van der Waals surface area contributed by atoms with Gasteiger partial charge in [0.1, 0.15) is 18.8 Å². The molecule has 1 atom stereocenters. The normalized spacial score (nSPS) is 19.6. The second-order valence-electron chi connectivity index (χ2n) is 10.5. The number of carbonyl (C=O) groups is 2. The first-order chi connectivity index (χ1) is 17.3. The summed E-state index contributed by atoms with van der Waals surface area (Å²) in [6.07, 6.45) is 5.16. The van der Waals surface area contributed by atoms with Crippen LogP contribution in [0, 0.1) is 0 Å². The zero-order valence-corrected chi connectivity index (χ0v) is 21.2. The standard InChI is InChI=1S/C28H33N5O3/c1-20-14-23-15-22(6-9-25(23)27(35)36-20)10-11-31-12-13-32(28(2,3)17-31)26(34)16-21-4-7-24(8-5-21)33-19-29-18-30-33/h4-9,15,18-20H,10-14,16-17H2,1-3H3. The molecule has 0 bridgehead atoms. The van der Waals surface area contributed by atoms with Crippen LogP contribution in [0.2, 0.25) is 0 Å². The summed E-state index contributed by atoms with van der Waals surface area (Å²) in [5.74, 6) is -0.0622. The van der Waals surface area contributed by atoms with Crippen molar-refractivity contribution in [2.24, 2.45) is 0 Å². The fourth-order valence-corrected chi connectivity index (χ4v) is 5.34. The third-order valence-corrected chi connectivity index (χ3v) is 7.18. The highest BCUT2D eigenvalue weighted by Gasteiger charge is 2.36. The van der Waals surface area contributed by atoms with E-state index in [4.69, 9.17) is 4.74 Å². The largest absolute Gasteiger partial charge is 0.459 e. The van der Waals surface area contributed by atoms with E-state index in [0.717, 1.165) is 55.8 Å². The minimum Gasteiger partial charge on any atom is -0.459 e. The van der Waals surface area contributed by atoms with Gasteiger partial charge in [-0.15, -0.1) is 0 Å². The third kappa shape index (κ3) is 5.18. The number of hydrogen-bond acceptors (Lipinski definition) is 6. The van der Waals surface area contributed by atoms with Crippen molar-refractivity contribution in [1.82, 2.24) is 24.6 Å². The Morgan fingerprint density at radius 2 is 1.89 bits per heavy atom. The van der Waals surface area contributed by atoms with Crippen LogP contribution in [0.3, 0.4) is 0 Å². The Kier molecular flexibility index (Phi) is 6.62. The number of fused-ring (bicyclic) bond motifs is 1. The maximum absolute atomic E-state index is 13.2. The maximum Gasteiger partial charge on any atom is 0.338 e. The summed E-state index contributed by atoms with van der Waals surface area (Å²) in [4.78, 5) is 33.7. The molecule has 2 aliphatic heterocycles. The molecule has 1 fully saturated rings. The summed E-state index contributed by atoms with van der Waals surface area (Å²) in [6, 6.07) is 14.0. The number of benzene rings is 2. The molecule has 8 heteroatoms. The highest BCUT2D eigenvalue weighted by Crippen LogP contribution is 2.25. The van der Waals surface area contributed by atoms with Crippen molar-refractivity contribution in [3.05, 3.63) is 77.4 Å². The average molecular weight is 488 g/mol. The number of carbonyl (C=O) groups excluding carboxylic acids is 2. The van der Waals surface area contributed by atoms with Crippen LogP contribution < -0.4 is 0 Å². The molecule has 3 heterocycles. The molecule has 1 unspecified atom stereocenters. The molecule has 188 valence electrons. The van der Waals surface area contributed by atoms with Crippen molar-refractivity contribution < 1.29 is 14.3 Å². The maximum atomic E-state index is 13.2. The zero-order chi connectivity index (χ0) is 25.3. The quantitative estimate of drug-likeness (QED) is 0.497. The van der Waals surface area contributed by atoms with Gasteiger partial charge >= 0.3 is 5.97 Å². The Bertz CT molecular complexity index is 1240. The van der Waals surface area contributed by atoms with E-state index in [1.807, 2.05) is 48.2 Å². The van der Waals surface area contributed by atoms with Crippen LogP contribution in [0.5, 0.6) is 0 Å². The molecule has 0 radical (unpaired) electrons. The van der Waals surface area contributed by atoms with E-state index < -0.39 is 0 Å². The molecule has 8 nitrogen and oxygen atoms in total. The summed E-state index contributed by atoms with van der Waals surface area (Å²) < 4.78 is 7.03. The van der Waals surface area contributed by atoms with Gasteiger partial charge in [-0.3, -0.25) is 9.69 Å². The second kappa shape index (κ2) is 9.85. The summed E-state index contributed by atoms with van der Waals surface area (Å²) in [6.45, 7) is 9.56. The van der Waals surface area contributed by atoms with E-state index in [-0.39, 0.29) is 23.5 Å². The lowest BCUT2D eigenvalue weighted by Crippen LogP contribution is -2.61. The Morgan fingerprint density at radius 1 is 1.11 bits per heavy atom. The number of piperazine rings is 1. The van der Waals surface area contributed by atoms with Crippen LogP contribution in [0.15, 0.2) is 55.1 Å². The molecule has 1 amide bonds. The molecule has 2 aliphatic rings. The van der Waals surface area contributed by atoms with Gasteiger partial charge in [-0.1, -0.05) is 24.3 Å². The molecule has 2 aromatic carbocycles. The second-order valence-corrected chi connectivity index (χ2v) is 10.5. The van der Waals surface area contributed by atoms with Crippen molar-refractivity contribution in [2.45, 2.75) is 51.7 Å². The number of esters is 1. The lowest BCUT2D eigenvalue weighted by Gasteiger charge is -2.47. The highest BCUT2D eigenvalue weighted by atomic mass is 16.5. The molecule has 1 aromatic heterocycles. The number of amides is 1. The first-order valence-electron chi connectivity index (χ1n) is 12.6. The molecule has 0 saturated carbocycles. The van der Waals surface area contributed by atoms with Gasteiger partial charge in [0.15, 0.2) is 0 Å². The third-order valence-electron chi connectivity index (χ3n) is 7.18. The van der Waals surface area contributed by atoms with Gasteiger partial charge in [-0.25, -0.2) is 14.5 Å². The first kappa shape index (κ1) is 24.2. The smallest absolute Gasteiger partial charge is 0.338 e. The highest BCUT2D eigenvalue weighted by molar-refractivity contribution is 5.92. The number of ether oxygens (including phenoxy) is 1. The predicted molar refractivity (Wildman–Crippen MR) is 136 cm³/mol. The Morgan fingerprint density at radius 3 is 2.61 bits per heavy atom. The van der Waals surface area contributed by atoms with E-state index in [9.17, 15) is 9.59 Å². The topological polar surface area (TPSA) is 80.6 Å². The van der Waals surface area contributed by atoms with Crippen LogP contribution >= 0.6 is 0 Å². The molecular formula is C28H33N5O3. The molecule has 0 N–H and O–H groups in total.